The molecule has 0 saturated carbocycles. The van der Waals surface area contributed by atoms with Crippen LogP contribution in [-0.4, -0.2) is 24.1 Å². The van der Waals surface area contributed by atoms with Crippen LogP contribution in [0.2, 0.25) is 5.02 Å². The molecular formula is C22H23ClN2O3S. The Morgan fingerprint density at radius 2 is 1.72 bits per heavy atom. The quantitative estimate of drug-likeness (QED) is 0.425. The van der Waals surface area contributed by atoms with E-state index < -0.39 is 0 Å². The lowest BCUT2D eigenvalue weighted by Crippen LogP contribution is -2.12. The largest absolute Gasteiger partial charge is 0.494 e. The van der Waals surface area contributed by atoms with E-state index in [9.17, 15) is 4.79 Å². The van der Waals surface area contributed by atoms with Crippen molar-refractivity contribution in [3.8, 4) is 22.8 Å². The Hall–Kier alpha value is -2.57. The minimum Gasteiger partial charge on any atom is -0.494 e. The van der Waals surface area contributed by atoms with Crippen LogP contribution in [0.1, 0.15) is 24.6 Å². The molecule has 5 nitrogen and oxygen atoms in total. The maximum absolute atomic E-state index is 12.2. The van der Waals surface area contributed by atoms with Gasteiger partial charge in [0.25, 0.3) is 0 Å². The third kappa shape index (κ3) is 6.21. The van der Waals surface area contributed by atoms with Crippen molar-refractivity contribution in [3.05, 3.63) is 58.4 Å². The summed E-state index contributed by atoms with van der Waals surface area (Å²) in [5.41, 5.74) is 1.87. The minimum atomic E-state index is -0.0725. The molecular weight excluding hydrogens is 408 g/mol. The highest BCUT2D eigenvalue weighted by Crippen LogP contribution is 2.31. The molecule has 0 fully saturated rings. The second-order valence-electron chi connectivity index (χ2n) is 6.34. The van der Waals surface area contributed by atoms with Crippen LogP contribution in [0.3, 0.4) is 0 Å². The number of carbonyl (C=O) groups is 1. The Labute approximate surface area is 179 Å². The SMILES string of the molecule is CCOc1ccc(-c2nc(NC(=O)CCCOc3ccc(Cl)cc3)sc2C)cc1. The number of anilines is 1. The Morgan fingerprint density at radius 1 is 1.07 bits per heavy atom. The lowest BCUT2D eigenvalue weighted by atomic mass is 10.1. The van der Waals surface area contributed by atoms with Crippen molar-refractivity contribution < 1.29 is 14.3 Å². The molecule has 0 radical (unpaired) electrons. The maximum Gasteiger partial charge on any atom is 0.226 e. The molecule has 1 aromatic heterocycles. The third-order valence-corrected chi connectivity index (χ3v) is 5.25. The fraction of sp³-hybridized carbons (Fsp3) is 0.273. The average molecular weight is 431 g/mol. The fourth-order valence-electron chi connectivity index (χ4n) is 2.73. The summed E-state index contributed by atoms with van der Waals surface area (Å²) >= 11 is 7.32. The van der Waals surface area contributed by atoms with E-state index >= 15 is 0 Å². The molecule has 0 saturated heterocycles. The number of nitrogens with one attached hydrogen (secondary N) is 1. The number of aromatic nitrogens is 1. The second-order valence-corrected chi connectivity index (χ2v) is 7.97. The van der Waals surface area contributed by atoms with Gasteiger partial charge in [-0.25, -0.2) is 4.98 Å². The van der Waals surface area contributed by atoms with Crippen LogP contribution in [0.15, 0.2) is 48.5 Å². The molecule has 0 bridgehead atoms. The van der Waals surface area contributed by atoms with Crippen molar-refractivity contribution >= 4 is 34.0 Å². The number of benzene rings is 2. The van der Waals surface area contributed by atoms with E-state index in [-0.39, 0.29) is 5.91 Å². The molecule has 2 aromatic carbocycles. The fourth-order valence-corrected chi connectivity index (χ4v) is 3.71. The van der Waals surface area contributed by atoms with E-state index in [0.717, 1.165) is 27.6 Å². The van der Waals surface area contributed by atoms with Crippen LogP contribution < -0.4 is 14.8 Å². The summed E-state index contributed by atoms with van der Waals surface area (Å²) in [6.45, 7) is 5.05. The third-order valence-electron chi connectivity index (χ3n) is 4.11. The van der Waals surface area contributed by atoms with E-state index in [0.29, 0.717) is 36.2 Å². The van der Waals surface area contributed by atoms with Crippen molar-refractivity contribution in [3.63, 3.8) is 0 Å². The van der Waals surface area contributed by atoms with Crippen LogP contribution in [-0.2, 0) is 4.79 Å². The van der Waals surface area contributed by atoms with Gasteiger partial charge in [0.1, 0.15) is 11.5 Å². The van der Waals surface area contributed by atoms with Crippen molar-refractivity contribution in [1.29, 1.82) is 0 Å². The van der Waals surface area contributed by atoms with Gasteiger partial charge >= 0.3 is 0 Å². The monoisotopic (exact) mass is 430 g/mol. The molecule has 7 heteroatoms. The van der Waals surface area contributed by atoms with Crippen LogP contribution in [0.4, 0.5) is 5.13 Å². The number of halogens is 1. The summed E-state index contributed by atoms with van der Waals surface area (Å²) < 4.78 is 11.1. The number of aryl methyl sites for hydroxylation is 1. The van der Waals surface area contributed by atoms with Gasteiger partial charge < -0.3 is 14.8 Å². The molecule has 0 spiro atoms. The molecule has 3 rings (SSSR count). The molecule has 152 valence electrons. The molecule has 0 aliphatic carbocycles. The van der Waals surface area contributed by atoms with Crippen molar-refractivity contribution in [2.24, 2.45) is 0 Å². The zero-order valence-corrected chi connectivity index (χ0v) is 18.0. The summed E-state index contributed by atoms with van der Waals surface area (Å²) in [6, 6.07) is 15.0. The number of thiazole rings is 1. The van der Waals surface area contributed by atoms with E-state index in [1.165, 1.54) is 11.3 Å². The summed E-state index contributed by atoms with van der Waals surface area (Å²) in [4.78, 5) is 17.8. The zero-order valence-electron chi connectivity index (χ0n) is 16.4. The van der Waals surface area contributed by atoms with Gasteiger partial charge in [-0.2, -0.15) is 0 Å². The number of nitrogens with zero attached hydrogens (tertiary/aromatic N) is 1. The number of rotatable bonds is 9. The topological polar surface area (TPSA) is 60.5 Å². The second kappa shape index (κ2) is 10.3. The summed E-state index contributed by atoms with van der Waals surface area (Å²) in [5.74, 6) is 1.50. The van der Waals surface area contributed by atoms with E-state index in [2.05, 4.69) is 10.3 Å². The first-order valence-corrected chi connectivity index (χ1v) is 10.6. The first-order chi connectivity index (χ1) is 14.0. The normalized spacial score (nSPS) is 10.6. The van der Waals surface area contributed by atoms with E-state index in [4.69, 9.17) is 21.1 Å². The first kappa shape index (κ1) is 21.1. The summed E-state index contributed by atoms with van der Waals surface area (Å²) in [5, 5.41) is 4.15. The zero-order chi connectivity index (χ0) is 20.6. The molecule has 0 aliphatic rings. The molecule has 3 aromatic rings. The van der Waals surface area contributed by atoms with Crippen molar-refractivity contribution in [2.75, 3.05) is 18.5 Å². The number of ether oxygens (including phenoxy) is 2. The smallest absolute Gasteiger partial charge is 0.226 e. The molecule has 1 N–H and O–H groups in total. The van der Waals surface area contributed by atoms with Gasteiger partial charge in [-0.3, -0.25) is 4.79 Å². The molecule has 29 heavy (non-hydrogen) atoms. The van der Waals surface area contributed by atoms with Crippen LogP contribution >= 0.6 is 22.9 Å². The van der Waals surface area contributed by atoms with Gasteiger partial charge in [-0.1, -0.05) is 11.6 Å². The predicted octanol–water partition coefficient (Wildman–Crippen LogP) is 5.97. The molecule has 0 atom stereocenters. The summed E-state index contributed by atoms with van der Waals surface area (Å²) in [7, 11) is 0. The minimum absolute atomic E-state index is 0.0725. The van der Waals surface area contributed by atoms with Gasteiger partial charge in [0.2, 0.25) is 5.91 Å². The van der Waals surface area contributed by atoms with E-state index in [1.54, 1.807) is 12.1 Å². The van der Waals surface area contributed by atoms with Gasteiger partial charge in [-0.15, -0.1) is 11.3 Å². The number of hydrogen-bond acceptors (Lipinski definition) is 5. The maximum atomic E-state index is 12.2. The van der Waals surface area contributed by atoms with Gasteiger partial charge in [-0.05, 0) is 68.8 Å². The molecule has 1 heterocycles. The highest BCUT2D eigenvalue weighted by Gasteiger charge is 2.12. The Bertz CT molecular complexity index is 940. The Kier molecular flexibility index (Phi) is 7.49. The molecule has 1 amide bonds. The predicted molar refractivity (Wildman–Crippen MR) is 118 cm³/mol. The standard InChI is InChI=1S/C22H23ClN2O3S/c1-3-27-18-10-6-16(7-11-18)21-15(2)29-22(25-21)24-20(26)5-4-14-28-19-12-8-17(23)9-13-19/h6-13H,3-5,14H2,1-2H3,(H,24,25,26). The van der Waals surface area contributed by atoms with Gasteiger partial charge in [0.15, 0.2) is 5.13 Å². The molecule has 0 aliphatic heterocycles. The van der Waals surface area contributed by atoms with E-state index in [1.807, 2.05) is 50.2 Å². The van der Waals surface area contributed by atoms with Gasteiger partial charge in [0.05, 0.1) is 18.9 Å². The Balaban J connectivity index is 1.49. The number of amides is 1. The highest BCUT2D eigenvalue weighted by atomic mass is 35.5. The summed E-state index contributed by atoms with van der Waals surface area (Å²) in [6.07, 6.45) is 0.981. The Morgan fingerprint density at radius 3 is 2.41 bits per heavy atom. The average Bonchev–Trinajstić information content (AvgIpc) is 3.07. The van der Waals surface area contributed by atoms with Crippen molar-refractivity contribution in [2.45, 2.75) is 26.7 Å². The number of hydrogen-bond donors (Lipinski definition) is 1. The van der Waals surface area contributed by atoms with Gasteiger partial charge in [0, 0.05) is 21.9 Å². The lowest BCUT2D eigenvalue weighted by molar-refractivity contribution is -0.116. The lowest BCUT2D eigenvalue weighted by Gasteiger charge is -2.06. The van der Waals surface area contributed by atoms with Crippen LogP contribution in [0, 0.1) is 6.92 Å². The first-order valence-electron chi connectivity index (χ1n) is 9.44. The highest BCUT2D eigenvalue weighted by molar-refractivity contribution is 7.16. The number of carbonyl (C=O) groups excluding carboxylic acids is 1. The van der Waals surface area contributed by atoms with Crippen molar-refractivity contribution in [1.82, 2.24) is 4.98 Å². The molecule has 0 unspecified atom stereocenters. The van der Waals surface area contributed by atoms with Crippen LogP contribution in [0.5, 0.6) is 11.5 Å². The van der Waals surface area contributed by atoms with Crippen LogP contribution in [0.25, 0.3) is 11.3 Å².